The lowest BCUT2D eigenvalue weighted by atomic mass is 10.1. The number of fused-ring (bicyclic) bond motifs is 1. The van der Waals surface area contributed by atoms with Crippen LogP contribution in [0.15, 0.2) is 58.3 Å². The van der Waals surface area contributed by atoms with Crippen LogP contribution in [0.4, 0.5) is 5.69 Å². The van der Waals surface area contributed by atoms with Crippen LogP contribution in [-0.2, 0) is 6.54 Å². The molecule has 4 rings (SSSR count). The number of H-pyrrole nitrogens is 1. The second-order valence-electron chi connectivity index (χ2n) is 5.76. The predicted molar refractivity (Wildman–Crippen MR) is 99.7 cm³/mol. The molecule has 0 aliphatic carbocycles. The molecule has 2 aromatic carbocycles. The molecule has 25 heavy (non-hydrogen) atoms. The van der Waals surface area contributed by atoms with Crippen LogP contribution in [0.25, 0.3) is 11.6 Å². The van der Waals surface area contributed by atoms with Crippen molar-refractivity contribution in [1.82, 2.24) is 9.55 Å². The van der Waals surface area contributed by atoms with Gasteiger partial charge in [-0.25, -0.2) is 4.79 Å². The number of aromatic hydroxyl groups is 1. The van der Waals surface area contributed by atoms with Crippen LogP contribution in [0, 0.1) is 0 Å². The molecule has 6 heteroatoms. The first-order valence-corrected chi connectivity index (χ1v) is 8.11. The topological polar surface area (TPSA) is 70.4 Å². The number of halogens is 1. The summed E-state index contributed by atoms with van der Waals surface area (Å²) in [5.41, 5.74) is 3.53. The number of rotatable bonds is 3. The van der Waals surface area contributed by atoms with Gasteiger partial charge in [-0.15, -0.1) is 0 Å². The minimum absolute atomic E-state index is 0.106. The van der Waals surface area contributed by atoms with Crippen LogP contribution >= 0.6 is 11.6 Å². The lowest BCUT2D eigenvalue weighted by molar-refractivity contribution is 0.420. The predicted octanol–water partition coefficient (Wildman–Crippen LogP) is 3.84. The van der Waals surface area contributed by atoms with Gasteiger partial charge in [-0.1, -0.05) is 41.9 Å². The van der Waals surface area contributed by atoms with Crippen molar-refractivity contribution in [3.63, 3.8) is 0 Å². The second kappa shape index (κ2) is 6.11. The third-order valence-corrected chi connectivity index (χ3v) is 4.35. The first-order chi connectivity index (χ1) is 12.1. The summed E-state index contributed by atoms with van der Waals surface area (Å²) in [5, 5.41) is 11.1. The number of para-hydroxylation sites is 1. The van der Waals surface area contributed by atoms with E-state index in [1.807, 2.05) is 36.4 Å². The second-order valence-corrected chi connectivity index (χ2v) is 6.19. The van der Waals surface area contributed by atoms with Crippen molar-refractivity contribution in [1.29, 1.82) is 0 Å². The van der Waals surface area contributed by atoms with Crippen molar-refractivity contribution in [2.75, 3.05) is 0 Å². The van der Waals surface area contributed by atoms with Crippen molar-refractivity contribution in [2.24, 2.45) is 4.99 Å². The number of aromatic nitrogens is 2. The molecule has 1 aliphatic rings. The lowest BCUT2D eigenvalue weighted by Crippen LogP contribution is -2.17. The molecule has 3 aromatic rings. The van der Waals surface area contributed by atoms with Crippen LogP contribution in [0.3, 0.4) is 0 Å². The molecule has 0 radical (unpaired) electrons. The Morgan fingerprint density at radius 1 is 1.16 bits per heavy atom. The van der Waals surface area contributed by atoms with E-state index in [-0.39, 0.29) is 18.1 Å². The highest BCUT2D eigenvalue weighted by Gasteiger charge is 2.16. The van der Waals surface area contributed by atoms with Gasteiger partial charge in [0.15, 0.2) is 0 Å². The average molecular weight is 352 g/mol. The summed E-state index contributed by atoms with van der Waals surface area (Å²) >= 11 is 5.87. The van der Waals surface area contributed by atoms with E-state index >= 15 is 0 Å². The highest BCUT2D eigenvalue weighted by atomic mass is 35.5. The molecule has 0 saturated carbocycles. The molecule has 2 N–H and O–H groups in total. The number of nitrogens with one attached hydrogen (secondary N) is 1. The van der Waals surface area contributed by atoms with Gasteiger partial charge in [-0.3, -0.25) is 9.56 Å². The summed E-state index contributed by atoms with van der Waals surface area (Å²) in [4.78, 5) is 19.2. The minimum atomic E-state index is -0.373. The number of hydrogen-bond donors (Lipinski definition) is 2. The summed E-state index contributed by atoms with van der Waals surface area (Å²) in [5.74, 6) is -0.106. The van der Waals surface area contributed by atoms with E-state index in [9.17, 15) is 9.90 Å². The Morgan fingerprint density at radius 2 is 1.92 bits per heavy atom. The molecule has 0 saturated heterocycles. The van der Waals surface area contributed by atoms with Crippen LogP contribution in [0.5, 0.6) is 5.88 Å². The van der Waals surface area contributed by atoms with Crippen LogP contribution in [0.1, 0.15) is 16.8 Å². The normalized spacial score (nSPS) is 14.2. The SMILES string of the molecule is O=c1[nH]c(C=C2C=Nc3ccccc32)c(O)n1Cc1ccc(Cl)cc1. The summed E-state index contributed by atoms with van der Waals surface area (Å²) < 4.78 is 1.29. The number of aromatic amines is 1. The van der Waals surface area contributed by atoms with Gasteiger partial charge in [0.05, 0.1) is 12.2 Å². The van der Waals surface area contributed by atoms with Gasteiger partial charge in [0.2, 0.25) is 5.88 Å². The molecule has 0 unspecified atom stereocenters. The maximum atomic E-state index is 12.2. The number of hydrogen-bond acceptors (Lipinski definition) is 3. The molecule has 124 valence electrons. The van der Waals surface area contributed by atoms with Crippen molar-refractivity contribution >= 4 is 35.2 Å². The first-order valence-electron chi connectivity index (χ1n) is 7.73. The number of allylic oxidation sites excluding steroid dienone is 1. The van der Waals surface area contributed by atoms with E-state index in [0.717, 1.165) is 22.4 Å². The Hall–Kier alpha value is -3.05. The van der Waals surface area contributed by atoms with Crippen LogP contribution in [0.2, 0.25) is 5.02 Å². The molecule has 5 nitrogen and oxygen atoms in total. The van der Waals surface area contributed by atoms with Gasteiger partial charge in [-0.2, -0.15) is 0 Å². The summed E-state index contributed by atoms with van der Waals surface area (Å²) in [6.07, 6.45) is 3.45. The number of aliphatic imine (C=N–C) groups is 1. The number of nitrogens with zero attached hydrogens (tertiary/aromatic N) is 2. The fraction of sp³-hybridized carbons (Fsp3) is 0.0526. The number of benzene rings is 2. The van der Waals surface area contributed by atoms with Crippen LogP contribution in [-0.4, -0.2) is 20.9 Å². The smallest absolute Gasteiger partial charge is 0.329 e. The Bertz CT molecular complexity index is 1060. The Balaban J connectivity index is 1.69. The maximum absolute atomic E-state index is 12.2. The van der Waals surface area contributed by atoms with Crippen LogP contribution < -0.4 is 5.69 Å². The molecule has 0 spiro atoms. The third-order valence-electron chi connectivity index (χ3n) is 4.09. The van der Waals surface area contributed by atoms with Gasteiger partial charge in [0.1, 0.15) is 5.69 Å². The fourth-order valence-corrected chi connectivity index (χ4v) is 2.94. The van der Waals surface area contributed by atoms with Gasteiger partial charge in [-0.05, 0) is 29.8 Å². The van der Waals surface area contributed by atoms with E-state index in [1.54, 1.807) is 24.4 Å². The first kappa shape index (κ1) is 15.5. The molecule has 1 aliphatic heterocycles. The summed E-state index contributed by atoms with van der Waals surface area (Å²) in [7, 11) is 0. The zero-order chi connectivity index (χ0) is 17.4. The van der Waals surface area contributed by atoms with Crippen molar-refractivity contribution in [3.05, 3.63) is 80.9 Å². The molecule has 0 amide bonds. The standard InChI is InChI=1S/C19H14ClN3O2/c20-14-7-5-12(6-8-14)11-23-18(24)17(22-19(23)25)9-13-10-21-16-4-2-1-3-15(13)16/h1-10,24H,11H2,(H,22,25). The Labute approximate surface area is 148 Å². The monoisotopic (exact) mass is 351 g/mol. The Kier molecular flexibility index (Phi) is 3.78. The fourth-order valence-electron chi connectivity index (χ4n) is 2.81. The van der Waals surface area contributed by atoms with Crippen molar-refractivity contribution in [3.8, 4) is 5.88 Å². The van der Waals surface area contributed by atoms with E-state index in [0.29, 0.717) is 10.7 Å². The molecule has 0 fully saturated rings. The highest BCUT2D eigenvalue weighted by Crippen LogP contribution is 2.32. The highest BCUT2D eigenvalue weighted by molar-refractivity contribution is 6.30. The molecule has 0 atom stereocenters. The molecular formula is C19H14ClN3O2. The van der Waals surface area contributed by atoms with Crippen molar-refractivity contribution < 1.29 is 5.11 Å². The molecular weight excluding hydrogens is 338 g/mol. The van der Waals surface area contributed by atoms with E-state index < -0.39 is 0 Å². The zero-order valence-electron chi connectivity index (χ0n) is 13.1. The van der Waals surface area contributed by atoms with E-state index in [1.165, 1.54) is 4.57 Å². The largest absolute Gasteiger partial charge is 0.493 e. The Morgan fingerprint density at radius 3 is 2.72 bits per heavy atom. The zero-order valence-corrected chi connectivity index (χ0v) is 13.9. The summed E-state index contributed by atoms with van der Waals surface area (Å²) in [6.45, 7) is 0.256. The number of imidazole rings is 1. The third kappa shape index (κ3) is 2.90. The van der Waals surface area contributed by atoms with E-state index in [4.69, 9.17) is 11.6 Å². The molecule has 1 aromatic heterocycles. The average Bonchev–Trinajstić information content (AvgIpc) is 3.14. The van der Waals surface area contributed by atoms with Crippen molar-refractivity contribution in [2.45, 2.75) is 6.54 Å². The van der Waals surface area contributed by atoms with Gasteiger partial charge < -0.3 is 10.1 Å². The van der Waals surface area contributed by atoms with Gasteiger partial charge in [0, 0.05) is 22.4 Å². The molecule has 0 bridgehead atoms. The minimum Gasteiger partial charge on any atom is -0.493 e. The lowest BCUT2D eigenvalue weighted by Gasteiger charge is -2.04. The van der Waals surface area contributed by atoms with Gasteiger partial charge in [0.25, 0.3) is 0 Å². The summed E-state index contributed by atoms with van der Waals surface area (Å²) in [6, 6.07) is 14.9. The molecule has 2 heterocycles. The van der Waals surface area contributed by atoms with E-state index in [2.05, 4.69) is 9.98 Å². The quantitative estimate of drug-likeness (QED) is 0.752. The van der Waals surface area contributed by atoms with Gasteiger partial charge >= 0.3 is 5.69 Å². The maximum Gasteiger partial charge on any atom is 0.329 e.